The second-order valence-electron chi connectivity index (χ2n) is 4.79. The second kappa shape index (κ2) is 5.70. The minimum atomic E-state index is 0.0874. The second-order valence-corrected chi connectivity index (χ2v) is 4.79. The van der Waals surface area contributed by atoms with Crippen LogP contribution in [0.2, 0.25) is 0 Å². The molecule has 0 bridgehead atoms. The monoisotopic (exact) mass is 254 g/mol. The number of hydrogen-bond acceptors (Lipinski definition) is 2. The van der Waals surface area contributed by atoms with Gasteiger partial charge in [0.1, 0.15) is 5.75 Å². The van der Waals surface area contributed by atoms with Crippen molar-refractivity contribution in [3.8, 4) is 5.75 Å². The van der Waals surface area contributed by atoms with E-state index in [1.165, 1.54) is 5.56 Å². The quantitative estimate of drug-likeness (QED) is 0.777. The summed E-state index contributed by atoms with van der Waals surface area (Å²) in [7, 11) is 1.59. The zero-order valence-electron chi connectivity index (χ0n) is 11.6. The summed E-state index contributed by atoms with van der Waals surface area (Å²) in [5.74, 6) is 0.729. The molecule has 0 N–H and O–H groups in total. The molecule has 2 nitrogen and oxygen atoms in total. The van der Waals surface area contributed by atoms with E-state index >= 15 is 0 Å². The summed E-state index contributed by atoms with van der Waals surface area (Å²) in [5, 5.41) is 0. The third kappa shape index (κ3) is 3.22. The fraction of sp³-hybridized carbons (Fsp3) is 0.235. The lowest BCUT2D eigenvalue weighted by atomic mass is 10.00. The molecule has 0 heterocycles. The summed E-state index contributed by atoms with van der Waals surface area (Å²) in [6.45, 7) is 4.01. The van der Waals surface area contributed by atoms with Crippen molar-refractivity contribution in [1.82, 2.24) is 0 Å². The number of aryl methyl sites for hydroxylation is 2. The largest absolute Gasteiger partial charge is 0.496 e. The van der Waals surface area contributed by atoms with E-state index in [0.717, 1.165) is 11.1 Å². The topological polar surface area (TPSA) is 26.3 Å². The van der Waals surface area contributed by atoms with Gasteiger partial charge >= 0.3 is 0 Å². The van der Waals surface area contributed by atoms with Crippen LogP contribution in [0, 0.1) is 13.8 Å². The van der Waals surface area contributed by atoms with E-state index in [9.17, 15) is 4.79 Å². The van der Waals surface area contributed by atoms with Crippen LogP contribution in [-0.2, 0) is 6.42 Å². The summed E-state index contributed by atoms with van der Waals surface area (Å²) in [6, 6.07) is 13.7. The Bertz CT molecular complexity index is 583. The van der Waals surface area contributed by atoms with E-state index in [4.69, 9.17) is 4.74 Å². The molecular formula is C17H18O2. The molecule has 0 aliphatic carbocycles. The molecule has 0 unspecified atom stereocenters. The number of hydrogen-bond donors (Lipinski definition) is 0. The van der Waals surface area contributed by atoms with Crippen molar-refractivity contribution < 1.29 is 9.53 Å². The van der Waals surface area contributed by atoms with Gasteiger partial charge in [-0.25, -0.2) is 0 Å². The van der Waals surface area contributed by atoms with Gasteiger partial charge in [0.25, 0.3) is 0 Å². The molecule has 19 heavy (non-hydrogen) atoms. The minimum Gasteiger partial charge on any atom is -0.496 e. The number of carbonyl (C=O) groups is 1. The standard InChI is InChI=1S/C17H18O2/c1-12-4-7-14(8-5-12)11-16(18)15-10-13(2)6-9-17(15)19-3/h4-10H,11H2,1-3H3. The van der Waals surface area contributed by atoms with Gasteiger partial charge < -0.3 is 4.74 Å². The predicted octanol–water partition coefficient (Wildman–Crippen LogP) is 3.74. The van der Waals surface area contributed by atoms with Gasteiger partial charge in [-0.1, -0.05) is 41.5 Å². The number of rotatable bonds is 4. The molecule has 0 atom stereocenters. The maximum Gasteiger partial charge on any atom is 0.170 e. The lowest BCUT2D eigenvalue weighted by molar-refractivity contribution is 0.0990. The highest BCUT2D eigenvalue weighted by Gasteiger charge is 2.13. The van der Waals surface area contributed by atoms with Crippen LogP contribution < -0.4 is 4.74 Å². The zero-order valence-corrected chi connectivity index (χ0v) is 11.6. The van der Waals surface area contributed by atoms with Crippen LogP contribution in [0.4, 0.5) is 0 Å². The Balaban J connectivity index is 2.24. The van der Waals surface area contributed by atoms with Gasteiger partial charge in [-0.05, 0) is 31.5 Å². The van der Waals surface area contributed by atoms with Crippen molar-refractivity contribution in [3.05, 3.63) is 64.7 Å². The number of ether oxygens (including phenoxy) is 1. The molecule has 0 saturated carbocycles. The van der Waals surface area contributed by atoms with E-state index in [1.807, 2.05) is 56.3 Å². The Morgan fingerprint density at radius 1 is 1.00 bits per heavy atom. The third-order valence-corrected chi connectivity index (χ3v) is 3.14. The SMILES string of the molecule is COc1ccc(C)cc1C(=O)Cc1ccc(C)cc1. The van der Waals surface area contributed by atoms with Crippen LogP contribution in [0.1, 0.15) is 27.0 Å². The van der Waals surface area contributed by atoms with Crippen LogP contribution >= 0.6 is 0 Å². The fourth-order valence-corrected chi connectivity index (χ4v) is 2.03. The molecule has 2 aromatic carbocycles. The summed E-state index contributed by atoms with van der Waals surface area (Å²) < 4.78 is 5.26. The van der Waals surface area contributed by atoms with E-state index in [0.29, 0.717) is 17.7 Å². The van der Waals surface area contributed by atoms with Gasteiger partial charge in [0, 0.05) is 6.42 Å². The molecule has 0 aliphatic rings. The summed E-state index contributed by atoms with van der Waals surface area (Å²) >= 11 is 0. The average Bonchev–Trinajstić information content (AvgIpc) is 2.41. The first-order valence-corrected chi connectivity index (χ1v) is 6.33. The van der Waals surface area contributed by atoms with E-state index in [1.54, 1.807) is 7.11 Å². The number of methoxy groups -OCH3 is 1. The molecule has 0 aliphatic heterocycles. The predicted molar refractivity (Wildman–Crippen MR) is 76.9 cm³/mol. The van der Waals surface area contributed by atoms with Crippen LogP contribution in [0.25, 0.3) is 0 Å². The third-order valence-electron chi connectivity index (χ3n) is 3.14. The average molecular weight is 254 g/mol. The maximum absolute atomic E-state index is 12.4. The number of Topliss-reactive ketones (excluding diaryl/α,β-unsaturated/α-hetero) is 1. The zero-order chi connectivity index (χ0) is 13.8. The van der Waals surface area contributed by atoms with Gasteiger partial charge in [-0.2, -0.15) is 0 Å². The van der Waals surface area contributed by atoms with Crippen LogP contribution in [0.15, 0.2) is 42.5 Å². The first-order chi connectivity index (χ1) is 9.10. The molecule has 0 fully saturated rings. The molecule has 0 aromatic heterocycles. The van der Waals surface area contributed by atoms with Gasteiger partial charge in [0.15, 0.2) is 5.78 Å². The van der Waals surface area contributed by atoms with Crippen molar-refractivity contribution in [2.24, 2.45) is 0 Å². The van der Waals surface area contributed by atoms with Crippen molar-refractivity contribution in [2.75, 3.05) is 7.11 Å². The molecule has 0 saturated heterocycles. The summed E-state index contributed by atoms with van der Waals surface area (Å²) in [5.41, 5.74) is 3.94. The van der Waals surface area contributed by atoms with Crippen molar-refractivity contribution in [3.63, 3.8) is 0 Å². The Morgan fingerprint density at radius 3 is 2.26 bits per heavy atom. The molecule has 2 aromatic rings. The molecule has 0 radical (unpaired) electrons. The van der Waals surface area contributed by atoms with Crippen molar-refractivity contribution >= 4 is 5.78 Å². The number of ketones is 1. The Hall–Kier alpha value is -2.09. The highest BCUT2D eigenvalue weighted by Crippen LogP contribution is 2.21. The highest BCUT2D eigenvalue weighted by molar-refractivity contribution is 6.00. The molecular weight excluding hydrogens is 236 g/mol. The molecule has 98 valence electrons. The van der Waals surface area contributed by atoms with E-state index in [2.05, 4.69) is 0 Å². The summed E-state index contributed by atoms with van der Waals surface area (Å²) in [4.78, 5) is 12.4. The van der Waals surface area contributed by atoms with Crippen molar-refractivity contribution in [2.45, 2.75) is 20.3 Å². The molecule has 0 amide bonds. The normalized spacial score (nSPS) is 10.3. The summed E-state index contributed by atoms with van der Waals surface area (Å²) in [6.07, 6.45) is 0.403. The number of carbonyl (C=O) groups excluding carboxylic acids is 1. The lowest BCUT2D eigenvalue weighted by Gasteiger charge is -2.09. The highest BCUT2D eigenvalue weighted by atomic mass is 16.5. The van der Waals surface area contributed by atoms with Crippen LogP contribution in [-0.4, -0.2) is 12.9 Å². The van der Waals surface area contributed by atoms with Crippen LogP contribution in [0.3, 0.4) is 0 Å². The van der Waals surface area contributed by atoms with Gasteiger partial charge in [0.2, 0.25) is 0 Å². The Labute approximate surface area is 114 Å². The first-order valence-electron chi connectivity index (χ1n) is 6.33. The van der Waals surface area contributed by atoms with E-state index in [-0.39, 0.29) is 5.78 Å². The Morgan fingerprint density at radius 2 is 1.63 bits per heavy atom. The first kappa shape index (κ1) is 13.3. The minimum absolute atomic E-state index is 0.0874. The smallest absolute Gasteiger partial charge is 0.170 e. The molecule has 2 heteroatoms. The fourth-order valence-electron chi connectivity index (χ4n) is 2.03. The maximum atomic E-state index is 12.4. The van der Waals surface area contributed by atoms with Gasteiger partial charge in [0.05, 0.1) is 12.7 Å². The van der Waals surface area contributed by atoms with Gasteiger partial charge in [-0.3, -0.25) is 4.79 Å². The molecule has 2 rings (SSSR count). The lowest BCUT2D eigenvalue weighted by Crippen LogP contribution is -2.06. The Kier molecular flexibility index (Phi) is 4.00. The molecule has 0 spiro atoms. The van der Waals surface area contributed by atoms with Crippen molar-refractivity contribution in [1.29, 1.82) is 0 Å². The number of benzene rings is 2. The van der Waals surface area contributed by atoms with E-state index < -0.39 is 0 Å². The van der Waals surface area contributed by atoms with Gasteiger partial charge in [-0.15, -0.1) is 0 Å². The van der Waals surface area contributed by atoms with Crippen LogP contribution in [0.5, 0.6) is 5.75 Å².